The normalized spacial score (nSPS) is 21.4. The molecule has 0 saturated heterocycles. The molecule has 1 aliphatic rings. The summed E-state index contributed by atoms with van der Waals surface area (Å²) in [6, 6.07) is 0. The van der Waals surface area contributed by atoms with Crippen LogP contribution in [-0.4, -0.2) is 5.78 Å². The van der Waals surface area contributed by atoms with Crippen molar-refractivity contribution in [1.82, 2.24) is 0 Å². The lowest BCUT2D eigenvalue weighted by Gasteiger charge is -2.02. The summed E-state index contributed by atoms with van der Waals surface area (Å²) in [5.41, 5.74) is 1.12. The molecule has 0 aromatic carbocycles. The summed E-state index contributed by atoms with van der Waals surface area (Å²) in [6.07, 6.45) is 10.1. The van der Waals surface area contributed by atoms with Gasteiger partial charge in [0, 0.05) is 6.42 Å². The Hall–Kier alpha value is -0.590. The minimum atomic E-state index is 0.416. The van der Waals surface area contributed by atoms with Gasteiger partial charge in [0.05, 0.1) is 0 Å². The summed E-state index contributed by atoms with van der Waals surface area (Å²) in [5, 5.41) is 0. The van der Waals surface area contributed by atoms with E-state index in [9.17, 15) is 4.79 Å². The maximum Gasteiger partial charge on any atom is 0.159 e. The van der Waals surface area contributed by atoms with Gasteiger partial charge in [0.1, 0.15) is 0 Å². The number of Topliss-reactive ketones (excluding diaryl/α,β-unsaturated/α-hetero) is 1. The number of hydrogen-bond acceptors (Lipinski definition) is 1. The maximum atomic E-state index is 11.6. The standard InChI is InChI=1S/C13H22O/c1-3-5-7-11-9-12(8-6-4-2)13(14)10-11/h9,11H,3-8,10H2,1-2H3. The van der Waals surface area contributed by atoms with E-state index in [0.717, 1.165) is 24.8 Å². The molecule has 0 radical (unpaired) electrons. The SMILES string of the molecule is CCCCC1=CC(CCCC)CC1=O. The molecule has 1 rings (SSSR count). The van der Waals surface area contributed by atoms with Crippen LogP contribution >= 0.6 is 0 Å². The van der Waals surface area contributed by atoms with E-state index in [0.29, 0.717) is 11.7 Å². The Bertz CT molecular complexity index is 215. The average Bonchev–Trinajstić information content (AvgIpc) is 2.53. The Labute approximate surface area is 87.6 Å². The van der Waals surface area contributed by atoms with Crippen LogP contribution in [0.5, 0.6) is 0 Å². The number of carbonyl (C=O) groups excluding carboxylic acids is 1. The molecule has 0 fully saturated rings. The molecule has 1 unspecified atom stereocenters. The number of unbranched alkanes of at least 4 members (excludes halogenated alkanes) is 2. The van der Waals surface area contributed by atoms with E-state index >= 15 is 0 Å². The van der Waals surface area contributed by atoms with Crippen molar-refractivity contribution in [2.75, 3.05) is 0 Å². The molecule has 0 saturated carbocycles. The highest BCUT2D eigenvalue weighted by molar-refractivity contribution is 5.97. The third kappa shape index (κ3) is 3.28. The van der Waals surface area contributed by atoms with Crippen molar-refractivity contribution in [3.63, 3.8) is 0 Å². The monoisotopic (exact) mass is 194 g/mol. The molecule has 1 aliphatic carbocycles. The second kappa shape index (κ2) is 6.00. The minimum Gasteiger partial charge on any atom is -0.295 e. The summed E-state index contributed by atoms with van der Waals surface area (Å²) < 4.78 is 0. The van der Waals surface area contributed by atoms with Crippen molar-refractivity contribution in [1.29, 1.82) is 0 Å². The predicted octanol–water partition coefficient (Wildman–Crippen LogP) is 3.88. The molecule has 0 N–H and O–H groups in total. The second-order valence-electron chi connectivity index (χ2n) is 4.33. The Balaban J connectivity index is 2.37. The number of carbonyl (C=O) groups is 1. The number of rotatable bonds is 6. The second-order valence-corrected chi connectivity index (χ2v) is 4.33. The molecule has 0 aromatic heterocycles. The predicted molar refractivity (Wildman–Crippen MR) is 60.2 cm³/mol. The lowest BCUT2D eigenvalue weighted by atomic mass is 10.0. The molecule has 80 valence electrons. The van der Waals surface area contributed by atoms with E-state index in [2.05, 4.69) is 19.9 Å². The molecule has 0 heterocycles. The molecule has 0 aliphatic heterocycles. The van der Waals surface area contributed by atoms with Crippen molar-refractivity contribution in [2.45, 2.75) is 58.8 Å². The Morgan fingerprint density at radius 3 is 2.64 bits per heavy atom. The first-order valence-corrected chi connectivity index (χ1v) is 6.01. The third-order valence-electron chi connectivity index (χ3n) is 2.97. The van der Waals surface area contributed by atoms with Gasteiger partial charge in [0.2, 0.25) is 0 Å². The zero-order valence-electron chi connectivity index (χ0n) is 9.51. The first kappa shape index (κ1) is 11.5. The zero-order valence-corrected chi connectivity index (χ0v) is 9.51. The topological polar surface area (TPSA) is 17.1 Å². The van der Waals surface area contributed by atoms with Gasteiger partial charge in [-0.05, 0) is 30.8 Å². The molecule has 0 aromatic rings. The molecule has 0 bridgehead atoms. The largest absolute Gasteiger partial charge is 0.295 e. The van der Waals surface area contributed by atoms with Crippen LogP contribution in [0.2, 0.25) is 0 Å². The van der Waals surface area contributed by atoms with Crippen LogP contribution in [0.25, 0.3) is 0 Å². The van der Waals surface area contributed by atoms with Crippen LogP contribution in [0.4, 0.5) is 0 Å². The summed E-state index contributed by atoms with van der Waals surface area (Å²) in [4.78, 5) is 11.6. The highest BCUT2D eigenvalue weighted by Gasteiger charge is 2.22. The third-order valence-corrected chi connectivity index (χ3v) is 2.97. The van der Waals surface area contributed by atoms with Gasteiger partial charge in [-0.1, -0.05) is 39.2 Å². The lowest BCUT2D eigenvalue weighted by molar-refractivity contribution is -0.115. The van der Waals surface area contributed by atoms with Crippen LogP contribution in [0, 0.1) is 5.92 Å². The van der Waals surface area contributed by atoms with Crippen molar-refractivity contribution in [3.05, 3.63) is 11.6 Å². The van der Waals surface area contributed by atoms with Gasteiger partial charge in [-0.3, -0.25) is 4.79 Å². The van der Waals surface area contributed by atoms with Crippen LogP contribution < -0.4 is 0 Å². The summed E-state index contributed by atoms with van der Waals surface area (Å²) in [7, 11) is 0. The van der Waals surface area contributed by atoms with Crippen LogP contribution in [-0.2, 0) is 4.79 Å². The number of hydrogen-bond donors (Lipinski definition) is 0. The molecule has 0 spiro atoms. The van der Waals surface area contributed by atoms with Gasteiger partial charge in [-0.15, -0.1) is 0 Å². The van der Waals surface area contributed by atoms with Crippen molar-refractivity contribution in [3.8, 4) is 0 Å². The fraction of sp³-hybridized carbons (Fsp3) is 0.769. The summed E-state index contributed by atoms with van der Waals surface area (Å²) in [6.45, 7) is 4.38. The van der Waals surface area contributed by atoms with E-state index in [1.165, 1.54) is 25.7 Å². The lowest BCUT2D eigenvalue weighted by Crippen LogP contribution is -1.98. The van der Waals surface area contributed by atoms with E-state index in [4.69, 9.17) is 0 Å². The summed E-state index contributed by atoms with van der Waals surface area (Å²) >= 11 is 0. The fourth-order valence-electron chi connectivity index (χ4n) is 2.05. The van der Waals surface area contributed by atoms with E-state index in [-0.39, 0.29) is 0 Å². The van der Waals surface area contributed by atoms with Gasteiger partial charge in [-0.2, -0.15) is 0 Å². The number of ketones is 1. The van der Waals surface area contributed by atoms with Crippen molar-refractivity contribution < 1.29 is 4.79 Å². The van der Waals surface area contributed by atoms with E-state index in [1.54, 1.807) is 0 Å². The van der Waals surface area contributed by atoms with Crippen LogP contribution in [0.3, 0.4) is 0 Å². The molecule has 1 heteroatoms. The Kier molecular flexibility index (Phi) is 4.92. The molecule has 0 amide bonds. The maximum absolute atomic E-state index is 11.6. The highest BCUT2D eigenvalue weighted by atomic mass is 16.1. The number of allylic oxidation sites excluding steroid dienone is 2. The Morgan fingerprint density at radius 2 is 2.00 bits per heavy atom. The van der Waals surface area contributed by atoms with E-state index in [1.807, 2.05) is 0 Å². The highest BCUT2D eigenvalue weighted by Crippen LogP contribution is 2.28. The molecular weight excluding hydrogens is 172 g/mol. The van der Waals surface area contributed by atoms with Gasteiger partial charge >= 0.3 is 0 Å². The summed E-state index contributed by atoms with van der Waals surface area (Å²) in [5.74, 6) is 0.980. The molecule has 14 heavy (non-hydrogen) atoms. The Morgan fingerprint density at radius 1 is 1.29 bits per heavy atom. The molecule has 1 nitrogen and oxygen atoms in total. The van der Waals surface area contributed by atoms with Crippen LogP contribution in [0.1, 0.15) is 58.8 Å². The van der Waals surface area contributed by atoms with Crippen molar-refractivity contribution >= 4 is 5.78 Å². The first-order valence-electron chi connectivity index (χ1n) is 6.01. The smallest absolute Gasteiger partial charge is 0.159 e. The zero-order chi connectivity index (χ0) is 10.4. The van der Waals surface area contributed by atoms with Gasteiger partial charge in [0.25, 0.3) is 0 Å². The molecular formula is C13H22O. The quantitative estimate of drug-likeness (QED) is 0.627. The fourth-order valence-corrected chi connectivity index (χ4v) is 2.05. The van der Waals surface area contributed by atoms with Gasteiger partial charge < -0.3 is 0 Å². The van der Waals surface area contributed by atoms with Crippen molar-refractivity contribution in [2.24, 2.45) is 5.92 Å². The van der Waals surface area contributed by atoms with Crippen LogP contribution in [0.15, 0.2) is 11.6 Å². The van der Waals surface area contributed by atoms with Gasteiger partial charge in [0.15, 0.2) is 5.78 Å². The molecule has 1 atom stereocenters. The first-order chi connectivity index (χ1) is 6.77. The minimum absolute atomic E-state index is 0.416. The van der Waals surface area contributed by atoms with E-state index < -0.39 is 0 Å². The van der Waals surface area contributed by atoms with Gasteiger partial charge in [-0.25, -0.2) is 0 Å². The average molecular weight is 194 g/mol.